The third-order valence-electron chi connectivity index (χ3n) is 4.71. The van der Waals surface area contributed by atoms with Gasteiger partial charge in [-0.1, -0.05) is 60.7 Å². The molecule has 2 aliphatic rings. The molecular formula is C20H18O2. The molecule has 0 amide bonds. The summed E-state index contributed by atoms with van der Waals surface area (Å²) in [6.07, 6.45) is 6.62. The molecule has 0 radical (unpaired) electrons. The molecule has 0 heterocycles. The molecule has 3 atom stereocenters. The number of hydrogen-bond acceptors (Lipinski definition) is 2. The lowest BCUT2D eigenvalue weighted by Gasteiger charge is -2.19. The van der Waals surface area contributed by atoms with Crippen LogP contribution in [0, 0.1) is 11.8 Å². The van der Waals surface area contributed by atoms with Crippen LogP contribution >= 0.6 is 0 Å². The van der Waals surface area contributed by atoms with E-state index in [0.717, 1.165) is 24.0 Å². The first-order valence-corrected chi connectivity index (χ1v) is 7.85. The van der Waals surface area contributed by atoms with E-state index in [9.17, 15) is 4.79 Å². The van der Waals surface area contributed by atoms with E-state index < -0.39 is 0 Å². The van der Waals surface area contributed by atoms with Crippen LogP contribution < -0.4 is 0 Å². The van der Waals surface area contributed by atoms with E-state index in [1.54, 1.807) is 0 Å². The van der Waals surface area contributed by atoms with Gasteiger partial charge in [-0.15, -0.1) is 0 Å². The number of carbonyl (C=O) groups excluding carboxylic acids is 1. The summed E-state index contributed by atoms with van der Waals surface area (Å²) in [7, 11) is 0. The molecule has 0 saturated heterocycles. The van der Waals surface area contributed by atoms with Crippen molar-refractivity contribution in [2.24, 2.45) is 11.8 Å². The molecule has 0 spiro atoms. The highest BCUT2D eigenvalue weighted by atomic mass is 16.5. The van der Waals surface area contributed by atoms with Crippen molar-refractivity contribution in [3.8, 4) is 11.1 Å². The van der Waals surface area contributed by atoms with Crippen molar-refractivity contribution in [2.45, 2.75) is 18.9 Å². The third kappa shape index (κ3) is 2.35. The Kier molecular flexibility index (Phi) is 3.30. The van der Waals surface area contributed by atoms with Crippen molar-refractivity contribution < 1.29 is 9.53 Å². The number of carbonyl (C=O) groups is 1. The monoisotopic (exact) mass is 290 g/mol. The molecule has 2 nitrogen and oxygen atoms in total. The van der Waals surface area contributed by atoms with Crippen LogP contribution in [-0.4, -0.2) is 12.1 Å². The summed E-state index contributed by atoms with van der Waals surface area (Å²) in [6, 6.07) is 17.7. The Hall–Kier alpha value is -2.35. The van der Waals surface area contributed by atoms with Gasteiger partial charge in [-0.25, -0.2) is 4.79 Å². The fraction of sp³-hybridized carbons (Fsp3) is 0.250. The van der Waals surface area contributed by atoms with Gasteiger partial charge in [0, 0.05) is 5.92 Å². The summed E-state index contributed by atoms with van der Waals surface area (Å²) in [5, 5.41) is 0. The van der Waals surface area contributed by atoms with Crippen molar-refractivity contribution >= 4 is 5.97 Å². The maximum absolute atomic E-state index is 12.6. The number of ether oxygens (including phenoxy) is 1. The molecule has 2 aromatic carbocycles. The molecule has 1 saturated carbocycles. The largest absolute Gasteiger partial charge is 0.458 e. The van der Waals surface area contributed by atoms with Crippen LogP contribution in [0.1, 0.15) is 23.2 Å². The number of hydrogen-bond donors (Lipinski definition) is 0. The van der Waals surface area contributed by atoms with Gasteiger partial charge in [0.15, 0.2) is 0 Å². The SMILES string of the molecule is O=C(OC1CC2C=CC1C2)c1ccccc1-c1ccccc1. The molecule has 0 N–H and O–H groups in total. The Morgan fingerprint density at radius 3 is 2.41 bits per heavy atom. The maximum Gasteiger partial charge on any atom is 0.339 e. The van der Waals surface area contributed by atoms with Crippen LogP contribution in [0.3, 0.4) is 0 Å². The molecule has 22 heavy (non-hydrogen) atoms. The van der Waals surface area contributed by atoms with Crippen LogP contribution in [0.2, 0.25) is 0 Å². The average Bonchev–Trinajstić information content (AvgIpc) is 3.18. The Bertz CT molecular complexity index is 717. The minimum absolute atomic E-state index is 0.0475. The summed E-state index contributed by atoms with van der Waals surface area (Å²) < 4.78 is 5.80. The fourth-order valence-corrected chi connectivity index (χ4v) is 3.60. The second kappa shape index (κ2) is 5.45. The van der Waals surface area contributed by atoms with Crippen LogP contribution in [0.4, 0.5) is 0 Å². The van der Waals surface area contributed by atoms with Gasteiger partial charge < -0.3 is 4.74 Å². The molecule has 4 rings (SSSR count). The molecule has 110 valence electrons. The number of fused-ring (bicyclic) bond motifs is 2. The smallest absolute Gasteiger partial charge is 0.339 e. The van der Waals surface area contributed by atoms with Crippen LogP contribution in [0.25, 0.3) is 11.1 Å². The van der Waals surface area contributed by atoms with E-state index >= 15 is 0 Å². The Labute approximate surface area is 130 Å². The molecule has 3 unspecified atom stereocenters. The van der Waals surface area contributed by atoms with E-state index in [0.29, 0.717) is 17.4 Å². The van der Waals surface area contributed by atoms with Crippen molar-refractivity contribution in [3.05, 3.63) is 72.3 Å². The van der Waals surface area contributed by atoms with Crippen molar-refractivity contribution in [3.63, 3.8) is 0 Å². The third-order valence-corrected chi connectivity index (χ3v) is 4.71. The quantitative estimate of drug-likeness (QED) is 0.615. The number of rotatable bonds is 3. The summed E-state index contributed by atoms with van der Waals surface area (Å²) in [5.41, 5.74) is 2.63. The first-order valence-electron chi connectivity index (χ1n) is 7.85. The standard InChI is InChI=1S/C20H18O2/c21-20(22-19-13-14-10-11-16(19)12-14)18-9-5-4-8-17(18)15-6-2-1-3-7-15/h1-11,14,16,19H,12-13H2. The van der Waals surface area contributed by atoms with Crippen LogP contribution in [0.15, 0.2) is 66.7 Å². The molecule has 0 aliphatic heterocycles. The normalized spacial score (nSPS) is 25.4. The maximum atomic E-state index is 12.6. The topological polar surface area (TPSA) is 26.3 Å². The second-order valence-electron chi connectivity index (χ2n) is 6.14. The Morgan fingerprint density at radius 2 is 1.68 bits per heavy atom. The minimum Gasteiger partial charge on any atom is -0.458 e. The van der Waals surface area contributed by atoms with E-state index in [-0.39, 0.29) is 12.1 Å². The molecule has 2 heteroatoms. The number of benzene rings is 2. The molecule has 1 fully saturated rings. The van der Waals surface area contributed by atoms with Gasteiger partial charge in [-0.3, -0.25) is 0 Å². The lowest BCUT2D eigenvalue weighted by atomic mass is 9.99. The summed E-state index contributed by atoms with van der Waals surface area (Å²) in [6.45, 7) is 0. The molecule has 2 aromatic rings. The lowest BCUT2D eigenvalue weighted by Crippen LogP contribution is -2.22. The molecule has 0 aromatic heterocycles. The Morgan fingerprint density at radius 1 is 0.909 bits per heavy atom. The summed E-state index contributed by atoms with van der Waals surface area (Å²) in [5.74, 6) is 0.815. The highest BCUT2D eigenvalue weighted by Gasteiger charge is 2.38. The summed E-state index contributed by atoms with van der Waals surface area (Å²) in [4.78, 5) is 12.6. The van der Waals surface area contributed by atoms with Crippen LogP contribution in [-0.2, 0) is 4.74 Å². The first kappa shape index (κ1) is 13.3. The van der Waals surface area contributed by atoms with Gasteiger partial charge >= 0.3 is 5.97 Å². The number of allylic oxidation sites excluding steroid dienone is 1. The molecule has 2 bridgehead atoms. The zero-order valence-corrected chi connectivity index (χ0v) is 12.3. The zero-order chi connectivity index (χ0) is 14.9. The summed E-state index contributed by atoms with van der Waals surface area (Å²) >= 11 is 0. The van der Waals surface area contributed by atoms with Crippen molar-refractivity contribution in [1.82, 2.24) is 0 Å². The van der Waals surface area contributed by atoms with E-state index in [2.05, 4.69) is 12.2 Å². The van der Waals surface area contributed by atoms with Crippen LogP contribution in [0.5, 0.6) is 0 Å². The Balaban J connectivity index is 1.60. The van der Waals surface area contributed by atoms with Crippen molar-refractivity contribution in [1.29, 1.82) is 0 Å². The minimum atomic E-state index is -0.203. The zero-order valence-electron chi connectivity index (χ0n) is 12.3. The second-order valence-corrected chi connectivity index (χ2v) is 6.14. The predicted molar refractivity (Wildman–Crippen MR) is 86.4 cm³/mol. The van der Waals surface area contributed by atoms with E-state index in [4.69, 9.17) is 4.74 Å². The highest BCUT2D eigenvalue weighted by molar-refractivity contribution is 5.97. The molecular weight excluding hydrogens is 272 g/mol. The molecule has 2 aliphatic carbocycles. The average molecular weight is 290 g/mol. The van der Waals surface area contributed by atoms with Gasteiger partial charge in [0.2, 0.25) is 0 Å². The van der Waals surface area contributed by atoms with Gasteiger partial charge in [0.1, 0.15) is 6.10 Å². The van der Waals surface area contributed by atoms with Gasteiger partial charge in [0.05, 0.1) is 5.56 Å². The van der Waals surface area contributed by atoms with Gasteiger partial charge in [-0.05, 0) is 36.0 Å². The predicted octanol–water partition coefficient (Wildman–Crippen LogP) is 4.48. The number of esters is 1. The first-order chi connectivity index (χ1) is 10.8. The van der Waals surface area contributed by atoms with Gasteiger partial charge in [0.25, 0.3) is 0 Å². The lowest BCUT2D eigenvalue weighted by molar-refractivity contribution is 0.0243. The van der Waals surface area contributed by atoms with Gasteiger partial charge in [-0.2, -0.15) is 0 Å². The highest BCUT2D eigenvalue weighted by Crippen LogP contribution is 2.41. The van der Waals surface area contributed by atoms with E-state index in [1.807, 2.05) is 54.6 Å². The fourth-order valence-electron chi connectivity index (χ4n) is 3.60. The van der Waals surface area contributed by atoms with Crippen molar-refractivity contribution in [2.75, 3.05) is 0 Å². The van der Waals surface area contributed by atoms with E-state index in [1.165, 1.54) is 0 Å².